The molecule has 0 spiro atoms. The standard InChI is InChI=1S/C20H26N4O.2ClH/c21-13-15-7-3-9-17(15)20(25)23-19-11-12-22-24(19)18-10-4-6-14-5-1-2-8-16(14)18;;/h1-2,5,8,11-12,15,17-18H,3-4,6-7,9-10,13,21H2,(H,23,25);2*1H/t15-,17-,18?;;/m1../s1. The van der Waals surface area contributed by atoms with Gasteiger partial charge in [-0.1, -0.05) is 30.7 Å². The van der Waals surface area contributed by atoms with Crippen molar-refractivity contribution in [3.8, 4) is 0 Å². The molecule has 0 aliphatic heterocycles. The minimum atomic E-state index is 0. The van der Waals surface area contributed by atoms with Crippen molar-refractivity contribution in [1.82, 2.24) is 9.78 Å². The summed E-state index contributed by atoms with van der Waals surface area (Å²) in [6, 6.07) is 10.7. The Morgan fingerprint density at radius 3 is 2.78 bits per heavy atom. The second kappa shape index (κ2) is 9.58. The Kier molecular flexibility index (Phi) is 7.71. The van der Waals surface area contributed by atoms with Crippen molar-refractivity contribution in [2.45, 2.75) is 44.6 Å². The van der Waals surface area contributed by atoms with Gasteiger partial charge in [0.15, 0.2) is 0 Å². The normalized spacial score (nSPS) is 23.7. The average molecular weight is 411 g/mol. The minimum absolute atomic E-state index is 0. The predicted octanol–water partition coefficient (Wildman–Crippen LogP) is 3.97. The lowest BCUT2D eigenvalue weighted by molar-refractivity contribution is -0.120. The second-order valence-electron chi connectivity index (χ2n) is 7.29. The summed E-state index contributed by atoms with van der Waals surface area (Å²) in [5.41, 5.74) is 8.56. The summed E-state index contributed by atoms with van der Waals surface area (Å²) in [7, 11) is 0. The van der Waals surface area contributed by atoms with Crippen LogP contribution in [0.15, 0.2) is 36.5 Å². The van der Waals surface area contributed by atoms with Crippen LogP contribution < -0.4 is 11.1 Å². The number of carbonyl (C=O) groups excluding carboxylic acids is 1. The smallest absolute Gasteiger partial charge is 0.228 e. The van der Waals surface area contributed by atoms with Crippen molar-refractivity contribution >= 4 is 36.5 Å². The molecule has 3 atom stereocenters. The first-order valence-electron chi connectivity index (χ1n) is 9.40. The van der Waals surface area contributed by atoms with Gasteiger partial charge in [0, 0.05) is 12.0 Å². The van der Waals surface area contributed by atoms with E-state index in [2.05, 4.69) is 34.7 Å². The first-order chi connectivity index (χ1) is 12.3. The number of amides is 1. The van der Waals surface area contributed by atoms with E-state index >= 15 is 0 Å². The first-order valence-corrected chi connectivity index (χ1v) is 9.40. The molecule has 2 aliphatic rings. The molecule has 0 bridgehead atoms. The van der Waals surface area contributed by atoms with Gasteiger partial charge in [0.25, 0.3) is 0 Å². The Labute approximate surface area is 172 Å². The maximum atomic E-state index is 12.8. The van der Waals surface area contributed by atoms with Gasteiger partial charge in [0.2, 0.25) is 5.91 Å². The highest BCUT2D eigenvalue weighted by molar-refractivity contribution is 5.92. The summed E-state index contributed by atoms with van der Waals surface area (Å²) in [6.45, 7) is 0.591. The SMILES string of the molecule is Cl.Cl.NC[C@H]1CCC[C@H]1C(=O)Nc1ccnn1C1CCCc2ccccc21. The van der Waals surface area contributed by atoms with Crippen LogP contribution in [0.2, 0.25) is 0 Å². The molecule has 1 fully saturated rings. The molecule has 1 amide bonds. The van der Waals surface area contributed by atoms with Crippen molar-refractivity contribution in [2.24, 2.45) is 17.6 Å². The number of hydrogen-bond donors (Lipinski definition) is 2. The van der Waals surface area contributed by atoms with Gasteiger partial charge in [0.05, 0.1) is 12.2 Å². The van der Waals surface area contributed by atoms with Crippen molar-refractivity contribution in [1.29, 1.82) is 0 Å². The lowest BCUT2D eigenvalue weighted by Crippen LogP contribution is -2.31. The number of hydrogen-bond acceptors (Lipinski definition) is 3. The van der Waals surface area contributed by atoms with E-state index in [0.29, 0.717) is 12.5 Å². The lowest BCUT2D eigenvalue weighted by atomic mass is 9.88. The fraction of sp³-hybridized carbons (Fsp3) is 0.500. The lowest BCUT2D eigenvalue weighted by Gasteiger charge is -2.27. The van der Waals surface area contributed by atoms with Crippen LogP contribution in [0.25, 0.3) is 0 Å². The average Bonchev–Trinajstić information content (AvgIpc) is 3.30. The molecule has 4 rings (SSSR count). The zero-order valence-corrected chi connectivity index (χ0v) is 17.0. The molecular formula is C20H28Cl2N4O. The highest BCUT2D eigenvalue weighted by atomic mass is 35.5. The topological polar surface area (TPSA) is 72.9 Å². The molecule has 1 heterocycles. The van der Waals surface area contributed by atoms with E-state index in [9.17, 15) is 4.79 Å². The molecule has 1 aromatic carbocycles. The minimum Gasteiger partial charge on any atom is -0.330 e. The third kappa shape index (κ3) is 4.31. The summed E-state index contributed by atoms with van der Waals surface area (Å²) < 4.78 is 1.99. The van der Waals surface area contributed by atoms with Crippen LogP contribution >= 0.6 is 24.8 Å². The van der Waals surface area contributed by atoms with Crippen LogP contribution in [-0.4, -0.2) is 22.2 Å². The van der Waals surface area contributed by atoms with E-state index in [1.54, 1.807) is 6.20 Å². The predicted molar refractivity (Wildman–Crippen MR) is 113 cm³/mol. The number of halogens is 2. The Morgan fingerprint density at radius 1 is 1.15 bits per heavy atom. The van der Waals surface area contributed by atoms with E-state index in [0.717, 1.165) is 44.3 Å². The van der Waals surface area contributed by atoms with E-state index in [1.807, 2.05) is 10.7 Å². The van der Waals surface area contributed by atoms with Crippen LogP contribution in [0.4, 0.5) is 5.82 Å². The number of fused-ring (bicyclic) bond motifs is 1. The van der Waals surface area contributed by atoms with Gasteiger partial charge in [-0.3, -0.25) is 4.79 Å². The van der Waals surface area contributed by atoms with Gasteiger partial charge >= 0.3 is 0 Å². The Hall–Kier alpha value is -1.56. The zero-order chi connectivity index (χ0) is 17.2. The number of carbonyl (C=O) groups is 1. The van der Waals surface area contributed by atoms with E-state index in [1.165, 1.54) is 11.1 Å². The summed E-state index contributed by atoms with van der Waals surface area (Å²) in [4.78, 5) is 12.8. The quantitative estimate of drug-likeness (QED) is 0.800. The number of aryl methyl sites for hydroxylation is 1. The summed E-state index contributed by atoms with van der Waals surface area (Å²) in [5.74, 6) is 1.24. The molecule has 0 radical (unpaired) electrons. The third-order valence-corrected chi connectivity index (χ3v) is 5.85. The molecule has 2 aromatic rings. The van der Waals surface area contributed by atoms with E-state index in [4.69, 9.17) is 5.73 Å². The van der Waals surface area contributed by atoms with Crippen molar-refractivity contribution < 1.29 is 4.79 Å². The molecule has 27 heavy (non-hydrogen) atoms. The monoisotopic (exact) mass is 410 g/mol. The maximum Gasteiger partial charge on any atom is 0.228 e. The van der Waals surface area contributed by atoms with Gasteiger partial charge in [-0.2, -0.15) is 5.10 Å². The van der Waals surface area contributed by atoms with Gasteiger partial charge in [0.1, 0.15) is 5.82 Å². The summed E-state index contributed by atoms with van der Waals surface area (Å²) in [5, 5.41) is 7.67. The Balaban J connectivity index is 0.00000131. The number of rotatable bonds is 4. The number of nitrogens with zero attached hydrogens (tertiary/aromatic N) is 2. The number of nitrogens with one attached hydrogen (secondary N) is 1. The van der Waals surface area contributed by atoms with Crippen molar-refractivity contribution in [2.75, 3.05) is 11.9 Å². The third-order valence-electron chi connectivity index (χ3n) is 5.85. The molecule has 3 N–H and O–H groups in total. The van der Waals surface area contributed by atoms with Gasteiger partial charge in [-0.15, -0.1) is 24.8 Å². The summed E-state index contributed by atoms with van der Waals surface area (Å²) in [6.07, 6.45) is 8.19. The highest BCUT2D eigenvalue weighted by Crippen LogP contribution is 2.35. The second-order valence-corrected chi connectivity index (χ2v) is 7.29. The number of benzene rings is 1. The fourth-order valence-electron chi connectivity index (χ4n) is 4.53. The molecule has 148 valence electrons. The number of anilines is 1. The molecule has 1 saturated carbocycles. The molecule has 1 aromatic heterocycles. The van der Waals surface area contributed by atoms with Crippen molar-refractivity contribution in [3.63, 3.8) is 0 Å². The van der Waals surface area contributed by atoms with Gasteiger partial charge < -0.3 is 11.1 Å². The van der Waals surface area contributed by atoms with Crippen LogP contribution in [0.1, 0.15) is 49.3 Å². The van der Waals surface area contributed by atoms with Crippen LogP contribution in [0, 0.1) is 11.8 Å². The fourth-order valence-corrected chi connectivity index (χ4v) is 4.53. The Morgan fingerprint density at radius 2 is 1.96 bits per heavy atom. The molecule has 0 saturated heterocycles. The van der Waals surface area contributed by atoms with Crippen molar-refractivity contribution in [3.05, 3.63) is 47.7 Å². The Bertz CT molecular complexity index is 764. The molecular weight excluding hydrogens is 383 g/mol. The van der Waals surface area contributed by atoms with E-state index < -0.39 is 0 Å². The molecule has 7 heteroatoms. The highest BCUT2D eigenvalue weighted by Gasteiger charge is 2.33. The van der Waals surface area contributed by atoms with Crippen LogP contribution in [0.3, 0.4) is 0 Å². The molecule has 2 aliphatic carbocycles. The number of aromatic nitrogens is 2. The summed E-state index contributed by atoms with van der Waals surface area (Å²) >= 11 is 0. The van der Waals surface area contributed by atoms with Gasteiger partial charge in [-0.05, 0) is 55.7 Å². The maximum absolute atomic E-state index is 12.8. The molecule has 1 unspecified atom stereocenters. The van der Waals surface area contributed by atoms with Gasteiger partial charge in [-0.25, -0.2) is 4.68 Å². The largest absolute Gasteiger partial charge is 0.330 e. The zero-order valence-electron chi connectivity index (χ0n) is 15.3. The first kappa shape index (κ1) is 21.7. The number of nitrogens with two attached hydrogens (primary N) is 1. The van der Waals surface area contributed by atoms with E-state index in [-0.39, 0.29) is 42.7 Å². The van der Waals surface area contributed by atoms with Crippen LogP contribution in [-0.2, 0) is 11.2 Å². The van der Waals surface area contributed by atoms with Crippen LogP contribution in [0.5, 0.6) is 0 Å². The molecule has 5 nitrogen and oxygen atoms in total.